The van der Waals surface area contributed by atoms with Gasteiger partial charge in [0.1, 0.15) is 5.82 Å². The molecule has 3 heteroatoms. The summed E-state index contributed by atoms with van der Waals surface area (Å²) in [5.74, 6) is -0.437. The van der Waals surface area contributed by atoms with Gasteiger partial charge in [-0.05, 0) is 66.5 Å². The molecule has 0 aliphatic heterocycles. The van der Waals surface area contributed by atoms with Crippen LogP contribution in [-0.2, 0) is 22.4 Å². The third kappa shape index (κ3) is 6.28. The van der Waals surface area contributed by atoms with Gasteiger partial charge in [-0.1, -0.05) is 66.7 Å². The van der Waals surface area contributed by atoms with E-state index >= 15 is 0 Å². The number of halogens is 1. The van der Waals surface area contributed by atoms with Gasteiger partial charge in [0.05, 0.1) is 13.0 Å². The highest BCUT2D eigenvalue weighted by molar-refractivity contribution is 5.72. The summed E-state index contributed by atoms with van der Waals surface area (Å²) in [5.41, 5.74) is 4.53. The lowest BCUT2D eigenvalue weighted by Gasteiger charge is -2.15. The summed E-state index contributed by atoms with van der Waals surface area (Å²) in [6.45, 7) is 0. The van der Waals surface area contributed by atoms with Crippen molar-refractivity contribution in [1.82, 2.24) is 0 Å². The van der Waals surface area contributed by atoms with E-state index in [0.29, 0.717) is 0 Å². The molecule has 0 aliphatic carbocycles. The number of rotatable bonds is 9. The second-order valence-electron chi connectivity index (χ2n) is 7.34. The number of hydrogen-bond acceptors (Lipinski definition) is 2. The topological polar surface area (TPSA) is 26.3 Å². The van der Waals surface area contributed by atoms with Gasteiger partial charge >= 0.3 is 5.97 Å². The molecular weight excluding hydrogens is 363 g/mol. The Labute approximate surface area is 172 Å². The highest BCUT2D eigenvalue weighted by Gasteiger charge is 2.18. The van der Waals surface area contributed by atoms with Crippen LogP contribution in [0.2, 0.25) is 0 Å². The van der Waals surface area contributed by atoms with E-state index in [0.717, 1.165) is 43.2 Å². The molecule has 0 amide bonds. The molecule has 29 heavy (non-hydrogen) atoms. The number of hydrogen-bond donors (Lipinski definition) is 0. The highest BCUT2D eigenvalue weighted by Crippen LogP contribution is 2.22. The van der Waals surface area contributed by atoms with Crippen LogP contribution in [0.3, 0.4) is 0 Å². The van der Waals surface area contributed by atoms with E-state index < -0.39 is 0 Å². The number of esters is 1. The van der Waals surface area contributed by atoms with E-state index in [1.165, 1.54) is 30.4 Å². The Bertz CT molecular complexity index is 886. The van der Waals surface area contributed by atoms with Gasteiger partial charge in [-0.25, -0.2) is 4.39 Å². The highest BCUT2D eigenvalue weighted by atomic mass is 19.1. The van der Waals surface area contributed by atoms with Crippen LogP contribution in [0.5, 0.6) is 0 Å². The van der Waals surface area contributed by atoms with Crippen LogP contribution in [0.15, 0.2) is 78.9 Å². The van der Waals surface area contributed by atoms with Crippen LogP contribution in [0, 0.1) is 11.7 Å². The quantitative estimate of drug-likeness (QED) is 0.404. The number of benzene rings is 3. The maximum Gasteiger partial charge on any atom is 0.308 e. The van der Waals surface area contributed by atoms with Crippen molar-refractivity contribution in [3.8, 4) is 11.1 Å². The SMILES string of the molecule is COC(=O)C(CCCc1ccccc1)CCc1ccc(-c2ccc(F)cc2)cc1. The molecule has 3 rings (SSSR count). The molecule has 150 valence electrons. The molecular formula is C26H27FO2. The molecule has 0 aliphatic rings. The van der Waals surface area contributed by atoms with Gasteiger partial charge < -0.3 is 4.74 Å². The maximum atomic E-state index is 13.1. The molecule has 3 aromatic rings. The minimum absolute atomic E-state index is 0.0829. The van der Waals surface area contributed by atoms with Crippen LogP contribution in [0.25, 0.3) is 11.1 Å². The van der Waals surface area contributed by atoms with Gasteiger partial charge in [-0.15, -0.1) is 0 Å². The zero-order chi connectivity index (χ0) is 20.5. The van der Waals surface area contributed by atoms with Crippen molar-refractivity contribution < 1.29 is 13.9 Å². The zero-order valence-corrected chi connectivity index (χ0v) is 16.8. The largest absolute Gasteiger partial charge is 0.469 e. The molecule has 0 bridgehead atoms. The fourth-order valence-electron chi connectivity index (χ4n) is 3.59. The van der Waals surface area contributed by atoms with E-state index in [1.807, 2.05) is 30.3 Å². The molecule has 2 nitrogen and oxygen atoms in total. The summed E-state index contributed by atoms with van der Waals surface area (Å²) >= 11 is 0. The van der Waals surface area contributed by atoms with Crippen LogP contribution >= 0.6 is 0 Å². The Balaban J connectivity index is 1.54. The molecule has 0 fully saturated rings. The Morgan fingerprint density at radius 3 is 2.00 bits per heavy atom. The Kier molecular flexibility index (Phi) is 7.57. The van der Waals surface area contributed by atoms with Crippen molar-refractivity contribution in [1.29, 1.82) is 0 Å². The third-order valence-electron chi connectivity index (χ3n) is 5.31. The smallest absolute Gasteiger partial charge is 0.308 e. The van der Waals surface area contributed by atoms with Gasteiger partial charge in [-0.3, -0.25) is 4.79 Å². The lowest BCUT2D eigenvalue weighted by Crippen LogP contribution is -2.17. The van der Waals surface area contributed by atoms with Crippen LogP contribution in [0.4, 0.5) is 4.39 Å². The molecule has 0 radical (unpaired) electrons. The minimum atomic E-state index is -0.230. The predicted molar refractivity (Wildman–Crippen MR) is 115 cm³/mol. The van der Waals surface area contributed by atoms with Gasteiger partial charge in [0, 0.05) is 0 Å². The predicted octanol–water partition coefficient (Wildman–Crippen LogP) is 6.24. The van der Waals surface area contributed by atoms with Crippen molar-refractivity contribution in [3.63, 3.8) is 0 Å². The summed E-state index contributed by atoms with van der Waals surface area (Å²) in [6, 6.07) is 25.1. The second-order valence-corrected chi connectivity index (χ2v) is 7.34. The molecule has 0 aromatic heterocycles. The summed E-state index contributed by atoms with van der Waals surface area (Å²) in [6.07, 6.45) is 4.37. The van der Waals surface area contributed by atoms with E-state index in [1.54, 1.807) is 12.1 Å². The van der Waals surface area contributed by atoms with Crippen molar-refractivity contribution in [3.05, 3.63) is 95.8 Å². The van der Waals surface area contributed by atoms with E-state index in [9.17, 15) is 9.18 Å². The summed E-state index contributed by atoms with van der Waals surface area (Å²) in [5, 5.41) is 0. The number of ether oxygens (including phenoxy) is 1. The van der Waals surface area contributed by atoms with Crippen molar-refractivity contribution >= 4 is 5.97 Å². The van der Waals surface area contributed by atoms with Crippen LogP contribution in [0.1, 0.15) is 30.4 Å². The average Bonchev–Trinajstić information content (AvgIpc) is 2.77. The zero-order valence-electron chi connectivity index (χ0n) is 16.8. The Hall–Kier alpha value is -2.94. The third-order valence-corrected chi connectivity index (χ3v) is 5.31. The first-order valence-corrected chi connectivity index (χ1v) is 10.1. The first-order chi connectivity index (χ1) is 14.2. The Morgan fingerprint density at radius 1 is 0.793 bits per heavy atom. The molecule has 1 unspecified atom stereocenters. The summed E-state index contributed by atoms with van der Waals surface area (Å²) in [7, 11) is 1.46. The molecule has 0 heterocycles. The van der Waals surface area contributed by atoms with Gasteiger partial charge in [0.25, 0.3) is 0 Å². The normalized spacial score (nSPS) is 11.8. The number of carbonyl (C=O) groups excluding carboxylic acids is 1. The fraction of sp³-hybridized carbons (Fsp3) is 0.269. The molecule has 0 N–H and O–H groups in total. The van der Waals surface area contributed by atoms with Crippen LogP contribution in [-0.4, -0.2) is 13.1 Å². The summed E-state index contributed by atoms with van der Waals surface area (Å²) < 4.78 is 18.1. The Morgan fingerprint density at radius 2 is 1.38 bits per heavy atom. The number of methoxy groups -OCH3 is 1. The van der Waals surface area contributed by atoms with Crippen molar-refractivity contribution in [2.75, 3.05) is 7.11 Å². The van der Waals surface area contributed by atoms with Gasteiger partial charge in [0.15, 0.2) is 0 Å². The minimum Gasteiger partial charge on any atom is -0.469 e. The molecule has 0 spiro atoms. The summed E-state index contributed by atoms with van der Waals surface area (Å²) in [4.78, 5) is 12.2. The first kappa shape index (κ1) is 20.8. The fourth-order valence-corrected chi connectivity index (χ4v) is 3.59. The number of aryl methyl sites for hydroxylation is 2. The first-order valence-electron chi connectivity index (χ1n) is 10.1. The maximum absolute atomic E-state index is 13.1. The lowest BCUT2D eigenvalue weighted by molar-refractivity contribution is -0.145. The lowest BCUT2D eigenvalue weighted by atomic mass is 9.93. The molecule has 1 atom stereocenters. The van der Waals surface area contributed by atoms with Crippen LogP contribution < -0.4 is 0 Å². The monoisotopic (exact) mass is 390 g/mol. The second kappa shape index (κ2) is 10.6. The van der Waals surface area contributed by atoms with Crippen molar-refractivity contribution in [2.45, 2.75) is 32.1 Å². The van der Waals surface area contributed by atoms with E-state index in [-0.39, 0.29) is 17.7 Å². The van der Waals surface area contributed by atoms with E-state index in [4.69, 9.17) is 4.74 Å². The molecule has 0 saturated carbocycles. The van der Waals surface area contributed by atoms with Gasteiger partial charge in [-0.2, -0.15) is 0 Å². The molecule has 0 saturated heterocycles. The molecule has 3 aromatic carbocycles. The standard InChI is InChI=1S/C26H27FO2/c1-29-26(28)24(9-5-8-20-6-3-2-4-7-20)15-12-21-10-13-22(14-11-21)23-16-18-25(27)19-17-23/h2-4,6-7,10-11,13-14,16-19,24H,5,8-9,12,15H2,1H3. The van der Waals surface area contributed by atoms with Crippen molar-refractivity contribution in [2.24, 2.45) is 5.92 Å². The van der Waals surface area contributed by atoms with E-state index in [2.05, 4.69) is 24.3 Å². The number of carbonyl (C=O) groups is 1. The van der Waals surface area contributed by atoms with Gasteiger partial charge in [0.2, 0.25) is 0 Å². The average molecular weight is 390 g/mol.